The number of pyridine rings is 1. The van der Waals surface area contributed by atoms with Gasteiger partial charge in [-0.1, -0.05) is 30.3 Å². The first-order valence-electron chi connectivity index (χ1n) is 7.68. The van der Waals surface area contributed by atoms with Crippen LogP contribution in [0.5, 0.6) is 0 Å². The molecule has 0 bridgehead atoms. The van der Waals surface area contributed by atoms with Gasteiger partial charge in [0.2, 0.25) is 5.91 Å². The summed E-state index contributed by atoms with van der Waals surface area (Å²) in [5, 5.41) is 0. The van der Waals surface area contributed by atoms with Crippen molar-refractivity contribution in [1.82, 2.24) is 14.8 Å². The van der Waals surface area contributed by atoms with E-state index in [4.69, 9.17) is 0 Å². The summed E-state index contributed by atoms with van der Waals surface area (Å²) in [6.07, 6.45) is 3.24. The molecule has 5 heteroatoms. The average Bonchev–Trinajstić information content (AvgIpc) is 2.62. The molecule has 0 spiro atoms. The monoisotopic (exact) mass is 309 g/mol. The maximum atomic E-state index is 12.6. The molecule has 118 valence electrons. The Bertz CT molecular complexity index is 688. The molecule has 2 heterocycles. The molecular weight excluding hydrogens is 290 g/mol. The summed E-state index contributed by atoms with van der Waals surface area (Å²) in [7, 11) is 0. The number of nitrogens with zero attached hydrogens (tertiary/aromatic N) is 3. The van der Waals surface area contributed by atoms with E-state index in [2.05, 4.69) is 4.98 Å². The molecule has 23 heavy (non-hydrogen) atoms. The lowest BCUT2D eigenvalue weighted by Crippen LogP contribution is -2.51. The molecule has 5 nitrogen and oxygen atoms in total. The number of hydrogen-bond donors (Lipinski definition) is 0. The van der Waals surface area contributed by atoms with Crippen LogP contribution in [-0.2, 0) is 4.79 Å². The molecule has 0 N–H and O–H groups in total. The van der Waals surface area contributed by atoms with E-state index in [1.165, 1.54) is 0 Å². The fourth-order valence-electron chi connectivity index (χ4n) is 2.98. The van der Waals surface area contributed by atoms with Gasteiger partial charge < -0.3 is 9.80 Å². The number of benzene rings is 1. The number of carbonyl (C=O) groups is 2. The van der Waals surface area contributed by atoms with E-state index < -0.39 is 0 Å². The smallest absolute Gasteiger partial charge is 0.254 e. The van der Waals surface area contributed by atoms with Crippen LogP contribution >= 0.6 is 0 Å². The zero-order chi connectivity index (χ0) is 16.2. The number of carbonyl (C=O) groups excluding carboxylic acids is 2. The quantitative estimate of drug-likeness (QED) is 0.854. The first-order valence-corrected chi connectivity index (χ1v) is 7.68. The van der Waals surface area contributed by atoms with E-state index in [0.29, 0.717) is 25.2 Å². The van der Waals surface area contributed by atoms with E-state index in [0.717, 1.165) is 5.56 Å². The lowest BCUT2D eigenvalue weighted by Gasteiger charge is -2.41. The number of hydrogen-bond acceptors (Lipinski definition) is 3. The Morgan fingerprint density at radius 1 is 1.04 bits per heavy atom. The van der Waals surface area contributed by atoms with Crippen molar-refractivity contribution in [2.24, 2.45) is 0 Å². The molecule has 0 aliphatic carbocycles. The van der Waals surface area contributed by atoms with E-state index >= 15 is 0 Å². The van der Waals surface area contributed by atoms with E-state index in [9.17, 15) is 9.59 Å². The summed E-state index contributed by atoms with van der Waals surface area (Å²) in [5.41, 5.74) is 1.68. The van der Waals surface area contributed by atoms with Crippen molar-refractivity contribution < 1.29 is 9.59 Å². The topological polar surface area (TPSA) is 53.5 Å². The molecule has 0 unspecified atom stereocenters. The molecule has 1 fully saturated rings. The van der Waals surface area contributed by atoms with Crippen molar-refractivity contribution >= 4 is 11.8 Å². The van der Waals surface area contributed by atoms with Crippen LogP contribution in [0.4, 0.5) is 0 Å². The summed E-state index contributed by atoms with van der Waals surface area (Å²) >= 11 is 0. The zero-order valence-electron chi connectivity index (χ0n) is 13.1. The fraction of sp³-hybridized carbons (Fsp3) is 0.278. The normalized spacial score (nSPS) is 17.9. The van der Waals surface area contributed by atoms with Gasteiger partial charge >= 0.3 is 0 Å². The maximum Gasteiger partial charge on any atom is 0.254 e. The first-order chi connectivity index (χ1) is 11.2. The lowest BCUT2D eigenvalue weighted by atomic mass is 10.0. The molecule has 0 saturated carbocycles. The van der Waals surface area contributed by atoms with Crippen molar-refractivity contribution in [3.8, 4) is 0 Å². The third-order valence-corrected chi connectivity index (χ3v) is 4.18. The van der Waals surface area contributed by atoms with Crippen LogP contribution < -0.4 is 0 Å². The molecule has 2 amide bonds. The van der Waals surface area contributed by atoms with Gasteiger partial charge in [-0.15, -0.1) is 0 Å². The second-order valence-corrected chi connectivity index (χ2v) is 5.63. The van der Waals surface area contributed by atoms with Gasteiger partial charge in [0.05, 0.1) is 6.04 Å². The summed E-state index contributed by atoms with van der Waals surface area (Å²) in [4.78, 5) is 32.2. The Labute approximate surface area is 135 Å². The van der Waals surface area contributed by atoms with E-state index in [1.54, 1.807) is 31.5 Å². The minimum absolute atomic E-state index is 0.0171. The molecule has 0 radical (unpaired) electrons. The highest BCUT2D eigenvalue weighted by Crippen LogP contribution is 2.26. The van der Waals surface area contributed by atoms with Gasteiger partial charge in [-0.2, -0.15) is 0 Å². The summed E-state index contributed by atoms with van der Waals surface area (Å²) in [6, 6.07) is 13.2. The van der Waals surface area contributed by atoms with Gasteiger partial charge in [-0.05, 0) is 17.7 Å². The summed E-state index contributed by atoms with van der Waals surface area (Å²) in [5.74, 6) is 0.0198. The summed E-state index contributed by atoms with van der Waals surface area (Å²) in [6.45, 7) is 3.18. The number of amides is 2. The Kier molecular flexibility index (Phi) is 4.37. The standard InChI is InChI=1S/C18H19N3O2/c1-14(22)21-12-11-20(18(23)16-7-9-19-10-8-16)13-17(21)15-5-3-2-4-6-15/h2-10,17H,11-13H2,1H3/t17-/m0/s1. The number of piperazine rings is 1. The van der Waals surface area contributed by atoms with Crippen LogP contribution in [0.15, 0.2) is 54.9 Å². The third-order valence-electron chi connectivity index (χ3n) is 4.18. The van der Waals surface area contributed by atoms with Crippen LogP contribution in [0.3, 0.4) is 0 Å². The number of rotatable bonds is 2. The first kappa shape index (κ1) is 15.2. The predicted octanol–water partition coefficient (Wildman–Crippen LogP) is 2.13. The van der Waals surface area contributed by atoms with Gasteiger partial charge in [-0.3, -0.25) is 14.6 Å². The Balaban J connectivity index is 1.84. The Hall–Kier alpha value is -2.69. The molecule has 3 rings (SSSR count). The molecule has 1 aromatic carbocycles. The third kappa shape index (κ3) is 3.23. The number of aromatic nitrogens is 1. The highest BCUT2D eigenvalue weighted by atomic mass is 16.2. The second-order valence-electron chi connectivity index (χ2n) is 5.63. The van der Waals surface area contributed by atoms with Crippen LogP contribution in [-0.4, -0.2) is 46.2 Å². The van der Waals surface area contributed by atoms with E-state index in [-0.39, 0.29) is 17.9 Å². The van der Waals surface area contributed by atoms with E-state index in [1.807, 2.05) is 40.1 Å². The lowest BCUT2D eigenvalue weighted by molar-refractivity contribution is -0.133. The highest BCUT2D eigenvalue weighted by molar-refractivity contribution is 5.94. The maximum absolute atomic E-state index is 12.6. The molecule has 1 aliphatic heterocycles. The van der Waals surface area contributed by atoms with Crippen molar-refractivity contribution in [3.63, 3.8) is 0 Å². The van der Waals surface area contributed by atoms with Crippen molar-refractivity contribution in [1.29, 1.82) is 0 Å². The fourth-order valence-corrected chi connectivity index (χ4v) is 2.98. The molecule has 1 saturated heterocycles. The van der Waals surface area contributed by atoms with Gasteiger partial charge in [0.15, 0.2) is 0 Å². The van der Waals surface area contributed by atoms with Crippen molar-refractivity contribution in [2.75, 3.05) is 19.6 Å². The van der Waals surface area contributed by atoms with Crippen molar-refractivity contribution in [2.45, 2.75) is 13.0 Å². The molecular formula is C18H19N3O2. The van der Waals surface area contributed by atoms with Crippen LogP contribution in [0.1, 0.15) is 28.9 Å². The Morgan fingerprint density at radius 3 is 2.39 bits per heavy atom. The summed E-state index contributed by atoms with van der Waals surface area (Å²) < 4.78 is 0. The van der Waals surface area contributed by atoms with Gasteiger partial charge in [0.1, 0.15) is 0 Å². The van der Waals surface area contributed by atoms with Crippen LogP contribution in [0, 0.1) is 0 Å². The Morgan fingerprint density at radius 2 is 1.74 bits per heavy atom. The van der Waals surface area contributed by atoms with Gasteiger partial charge in [-0.25, -0.2) is 0 Å². The highest BCUT2D eigenvalue weighted by Gasteiger charge is 2.32. The minimum atomic E-state index is -0.103. The molecule has 2 aromatic rings. The molecule has 1 aliphatic rings. The van der Waals surface area contributed by atoms with Crippen LogP contribution in [0.25, 0.3) is 0 Å². The average molecular weight is 309 g/mol. The molecule has 1 aromatic heterocycles. The SMILES string of the molecule is CC(=O)N1CCN(C(=O)c2ccncc2)C[C@H]1c1ccccc1. The van der Waals surface area contributed by atoms with Crippen LogP contribution in [0.2, 0.25) is 0 Å². The van der Waals surface area contributed by atoms with Gasteiger partial charge in [0, 0.05) is 44.5 Å². The molecule has 1 atom stereocenters. The largest absolute Gasteiger partial charge is 0.334 e. The van der Waals surface area contributed by atoms with Crippen molar-refractivity contribution in [3.05, 3.63) is 66.0 Å². The van der Waals surface area contributed by atoms with Gasteiger partial charge in [0.25, 0.3) is 5.91 Å². The minimum Gasteiger partial charge on any atom is -0.334 e. The zero-order valence-corrected chi connectivity index (χ0v) is 13.1. The second kappa shape index (κ2) is 6.60. The predicted molar refractivity (Wildman–Crippen MR) is 86.7 cm³/mol.